The van der Waals surface area contributed by atoms with Crippen LogP contribution in [0.5, 0.6) is 0 Å². The Kier molecular flexibility index (Phi) is 5.72. The van der Waals surface area contributed by atoms with Crippen molar-refractivity contribution >= 4 is 6.03 Å². The first-order valence-corrected chi connectivity index (χ1v) is 9.78. The molecule has 1 aromatic rings. The van der Waals surface area contributed by atoms with Gasteiger partial charge in [0.05, 0.1) is 26.4 Å². The number of rotatable bonds is 2. The first kappa shape index (κ1) is 17.8. The first-order valence-electron chi connectivity index (χ1n) is 9.78. The van der Waals surface area contributed by atoms with Crippen molar-refractivity contribution in [1.29, 1.82) is 0 Å². The van der Waals surface area contributed by atoms with Crippen LogP contribution in [0.25, 0.3) is 0 Å². The van der Waals surface area contributed by atoms with E-state index in [1.54, 1.807) is 0 Å². The molecule has 2 amide bonds. The van der Waals surface area contributed by atoms with Gasteiger partial charge in [0, 0.05) is 51.2 Å². The molecule has 3 aliphatic rings. The number of likely N-dealkylation sites (tertiary alicyclic amines) is 1. The van der Waals surface area contributed by atoms with Gasteiger partial charge in [0.25, 0.3) is 0 Å². The largest absolute Gasteiger partial charge is 0.380 e. The minimum atomic E-state index is 0.172. The molecule has 6 heteroatoms. The number of piperidine rings is 1. The number of ether oxygens (including phenoxy) is 2. The number of hydrogen-bond acceptors (Lipinski definition) is 4. The molecule has 6 nitrogen and oxygen atoms in total. The topological polar surface area (TPSA) is 45.3 Å². The van der Waals surface area contributed by atoms with E-state index in [-0.39, 0.29) is 6.03 Å². The highest BCUT2D eigenvalue weighted by atomic mass is 16.5. The molecule has 0 bridgehead atoms. The van der Waals surface area contributed by atoms with Crippen LogP contribution in [0.4, 0.5) is 4.79 Å². The zero-order valence-corrected chi connectivity index (χ0v) is 15.4. The van der Waals surface area contributed by atoms with Crippen LogP contribution in [0, 0.1) is 5.92 Å². The SMILES string of the molecule is O=C(N1CCOCC1)N1CC[C@@H]2[C@@H](COCCN2Cc2ccccc2)C1. The molecule has 0 aromatic heterocycles. The summed E-state index contributed by atoms with van der Waals surface area (Å²) in [6, 6.07) is 11.3. The third-order valence-corrected chi connectivity index (χ3v) is 5.80. The molecule has 0 unspecified atom stereocenters. The van der Waals surface area contributed by atoms with Crippen molar-refractivity contribution < 1.29 is 14.3 Å². The van der Waals surface area contributed by atoms with E-state index < -0.39 is 0 Å². The predicted octanol–water partition coefficient (Wildman–Crippen LogP) is 1.66. The Morgan fingerprint density at radius 3 is 2.54 bits per heavy atom. The minimum absolute atomic E-state index is 0.172. The fourth-order valence-corrected chi connectivity index (χ4v) is 4.39. The molecule has 26 heavy (non-hydrogen) atoms. The molecule has 0 aliphatic carbocycles. The minimum Gasteiger partial charge on any atom is -0.380 e. The van der Waals surface area contributed by atoms with Crippen molar-refractivity contribution in [2.24, 2.45) is 5.92 Å². The number of morpholine rings is 1. The fraction of sp³-hybridized carbons (Fsp3) is 0.650. The highest BCUT2D eigenvalue weighted by molar-refractivity contribution is 5.74. The maximum atomic E-state index is 12.8. The highest BCUT2D eigenvalue weighted by Crippen LogP contribution is 2.27. The van der Waals surface area contributed by atoms with Crippen molar-refractivity contribution in [1.82, 2.24) is 14.7 Å². The van der Waals surface area contributed by atoms with Crippen LogP contribution < -0.4 is 0 Å². The van der Waals surface area contributed by atoms with Crippen LogP contribution in [-0.4, -0.2) is 85.9 Å². The summed E-state index contributed by atoms with van der Waals surface area (Å²) in [7, 11) is 0. The molecule has 3 fully saturated rings. The maximum Gasteiger partial charge on any atom is 0.320 e. The van der Waals surface area contributed by atoms with Gasteiger partial charge in [-0.2, -0.15) is 0 Å². The van der Waals surface area contributed by atoms with Crippen molar-refractivity contribution in [3.05, 3.63) is 35.9 Å². The second kappa shape index (κ2) is 8.37. The average molecular weight is 359 g/mol. The molecular weight excluding hydrogens is 330 g/mol. The zero-order valence-electron chi connectivity index (χ0n) is 15.4. The van der Waals surface area contributed by atoms with Crippen LogP contribution in [-0.2, 0) is 16.0 Å². The Morgan fingerprint density at radius 1 is 0.962 bits per heavy atom. The molecule has 3 aliphatic heterocycles. The van der Waals surface area contributed by atoms with Crippen LogP contribution in [0.15, 0.2) is 30.3 Å². The summed E-state index contributed by atoms with van der Waals surface area (Å²) in [5.74, 6) is 0.389. The van der Waals surface area contributed by atoms with Crippen LogP contribution in [0.1, 0.15) is 12.0 Å². The summed E-state index contributed by atoms with van der Waals surface area (Å²) in [5.41, 5.74) is 1.35. The molecule has 3 heterocycles. The number of carbonyl (C=O) groups is 1. The number of urea groups is 1. The fourth-order valence-electron chi connectivity index (χ4n) is 4.39. The molecule has 0 spiro atoms. The summed E-state index contributed by atoms with van der Waals surface area (Å²) in [6.07, 6.45) is 1.02. The van der Waals surface area contributed by atoms with Gasteiger partial charge in [0.2, 0.25) is 0 Å². The lowest BCUT2D eigenvalue weighted by Crippen LogP contribution is -2.56. The average Bonchev–Trinajstić information content (AvgIpc) is 2.90. The van der Waals surface area contributed by atoms with Gasteiger partial charge in [-0.15, -0.1) is 0 Å². The van der Waals surface area contributed by atoms with Crippen molar-refractivity contribution in [3.8, 4) is 0 Å². The maximum absolute atomic E-state index is 12.8. The molecule has 0 saturated carbocycles. The van der Waals surface area contributed by atoms with E-state index >= 15 is 0 Å². The van der Waals surface area contributed by atoms with Crippen LogP contribution in [0.3, 0.4) is 0 Å². The van der Waals surface area contributed by atoms with Crippen molar-refractivity contribution in [3.63, 3.8) is 0 Å². The van der Waals surface area contributed by atoms with E-state index in [9.17, 15) is 4.79 Å². The molecule has 3 saturated heterocycles. The summed E-state index contributed by atoms with van der Waals surface area (Å²) < 4.78 is 11.3. The molecule has 0 N–H and O–H groups in total. The predicted molar refractivity (Wildman–Crippen MR) is 98.9 cm³/mol. The summed E-state index contributed by atoms with van der Waals surface area (Å²) in [4.78, 5) is 19.4. The number of carbonyl (C=O) groups excluding carboxylic acids is 1. The van der Waals surface area contributed by atoms with Gasteiger partial charge < -0.3 is 19.3 Å². The molecule has 1 aromatic carbocycles. The summed E-state index contributed by atoms with van der Waals surface area (Å²) >= 11 is 0. The molecule has 4 rings (SSSR count). The third-order valence-electron chi connectivity index (χ3n) is 5.80. The van der Waals surface area contributed by atoms with Crippen LogP contribution >= 0.6 is 0 Å². The molecule has 0 radical (unpaired) electrons. The van der Waals surface area contributed by atoms with Gasteiger partial charge in [0.15, 0.2) is 0 Å². The van der Waals surface area contributed by atoms with Gasteiger partial charge in [-0.3, -0.25) is 4.90 Å². The Balaban J connectivity index is 1.40. The number of fused-ring (bicyclic) bond motifs is 1. The second-order valence-electron chi connectivity index (χ2n) is 7.48. The van der Waals surface area contributed by atoms with E-state index in [0.717, 1.165) is 45.8 Å². The number of amides is 2. The summed E-state index contributed by atoms with van der Waals surface area (Å²) in [5, 5.41) is 0. The Labute approximate surface area is 155 Å². The Bertz CT molecular complexity index is 591. The van der Waals surface area contributed by atoms with E-state index in [0.29, 0.717) is 38.3 Å². The normalized spacial score (nSPS) is 27.7. The van der Waals surface area contributed by atoms with Gasteiger partial charge in [-0.1, -0.05) is 30.3 Å². The van der Waals surface area contributed by atoms with Gasteiger partial charge in [0.1, 0.15) is 0 Å². The number of hydrogen-bond donors (Lipinski definition) is 0. The highest BCUT2D eigenvalue weighted by Gasteiger charge is 2.37. The van der Waals surface area contributed by atoms with Gasteiger partial charge in [-0.25, -0.2) is 4.79 Å². The Hall–Kier alpha value is -1.63. The lowest BCUT2D eigenvalue weighted by atomic mass is 9.91. The van der Waals surface area contributed by atoms with E-state index in [1.165, 1.54) is 5.56 Å². The van der Waals surface area contributed by atoms with Crippen LogP contribution in [0.2, 0.25) is 0 Å². The van der Waals surface area contributed by atoms with E-state index in [4.69, 9.17) is 9.47 Å². The first-order chi connectivity index (χ1) is 12.8. The molecular formula is C20H29N3O3. The van der Waals surface area contributed by atoms with Gasteiger partial charge in [-0.05, 0) is 12.0 Å². The Morgan fingerprint density at radius 2 is 1.73 bits per heavy atom. The lowest BCUT2D eigenvalue weighted by molar-refractivity contribution is 0.0239. The summed E-state index contributed by atoms with van der Waals surface area (Å²) in [6.45, 7) is 7.81. The standard InChI is InChI=1S/C20H29N3O3/c24-20(21-8-11-25-12-9-21)23-7-6-19-18(15-23)16-26-13-10-22(19)14-17-4-2-1-3-5-17/h1-5,18-19H,6-16H2/t18-,19-/m1/s1. The lowest BCUT2D eigenvalue weighted by Gasteiger charge is -2.43. The number of benzene rings is 1. The van der Waals surface area contributed by atoms with E-state index in [1.807, 2.05) is 9.80 Å². The molecule has 2 atom stereocenters. The second-order valence-corrected chi connectivity index (χ2v) is 7.48. The van der Waals surface area contributed by atoms with E-state index in [2.05, 4.69) is 35.2 Å². The third kappa shape index (κ3) is 4.03. The van der Waals surface area contributed by atoms with Crippen molar-refractivity contribution in [2.75, 3.05) is 59.2 Å². The zero-order chi connectivity index (χ0) is 17.8. The van der Waals surface area contributed by atoms with Crippen molar-refractivity contribution in [2.45, 2.75) is 19.0 Å². The quantitative estimate of drug-likeness (QED) is 0.806. The van der Waals surface area contributed by atoms with Gasteiger partial charge >= 0.3 is 6.03 Å². The monoisotopic (exact) mass is 359 g/mol. The molecule has 142 valence electrons. The number of nitrogens with zero attached hydrogens (tertiary/aromatic N) is 3. The smallest absolute Gasteiger partial charge is 0.320 e.